The van der Waals surface area contributed by atoms with Gasteiger partial charge in [-0.2, -0.15) is 0 Å². The molecule has 1 saturated heterocycles. The monoisotopic (exact) mass is 227 g/mol. The molecule has 1 heterocycles. The average Bonchev–Trinajstić information content (AvgIpc) is 2.22. The van der Waals surface area contributed by atoms with Crippen LogP contribution < -0.4 is 5.32 Å². The van der Waals surface area contributed by atoms with Crippen molar-refractivity contribution in [3.63, 3.8) is 0 Å². The van der Waals surface area contributed by atoms with Crippen LogP contribution in [0.3, 0.4) is 0 Å². The highest BCUT2D eigenvalue weighted by Crippen LogP contribution is 2.26. The summed E-state index contributed by atoms with van der Waals surface area (Å²) in [6, 6.07) is 4.29. The number of ether oxygens (including phenoxy) is 1. The van der Waals surface area contributed by atoms with Crippen LogP contribution in [0.1, 0.15) is 25.5 Å². The minimum absolute atomic E-state index is 0.0913. The van der Waals surface area contributed by atoms with Gasteiger partial charge >= 0.3 is 0 Å². The third-order valence-corrected chi connectivity index (χ3v) is 2.80. The Labute approximate surface area is 93.6 Å². The summed E-state index contributed by atoms with van der Waals surface area (Å²) in [6.45, 7) is 4.58. The predicted molar refractivity (Wildman–Crippen MR) is 57.1 cm³/mol. The van der Waals surface area contributed by atoms with Gasteiger partial charge in [-0.1, -0.05) is 6.07 Å². The molecule has 3 atom stereocenters. The molecule has 1 aliphatic heterocycles. The van der Waals surface area contributed by atoms with Crippen molar-refractivity contribution in [2.75, 3.05) is 6.61 Å². The van der Waals surface area contributed by atoms with Crippen molar-refractivity contribution >= 4 is 0 Å². The number of rotatable bonds is 1. The van der Waals surface area contributed by atoms with Gasteiger partial charge in [-0.3, -0.25) is 0 Å². The molecular formula is C12H15F2NO. The van der Waals surface area contributed by atoms with Crippen LogP contribution >= 0.6 is 0 Å². The summed E-state index contributed by atoms with van der Waals surface area (Å²) in [5.74, 6) is -1.65. The lowest BCUT2D eigenvalue weighted by atomic mass is 10.0. The molecule has 88 valence electrons. The molecule has 1 N–H and O–H groups in total. The maximum absolute atomic E-state index is 13.1. The second-order valence-electron chi connectivity index (χ2n) is 4.28. The Bertz CT molecular complexity index is 383. The third kappa shape index (κ3) is 2.23. The first-order valence-electron chi connectivity index (χ1n) is 5.40. The Morgan fingerprint density at radius 2 is 2.00 bits per heavy atom. The molecule has 2 rings (SSSR count). The molecule has 1 aromatic carbocycles. The Morgan fingerprint density at radius 3 is 2.62 bits per heavy atom. The van der Waals surface area contributed by atoms with Crippen LogP contribution in [0.25, 0.3) is 0 Å². The summed E-state index contributed by atoms with van der Waals surface area (Å²) in [6.07, 6.45) is -0.216. The van der Waals surface area contributed by atoms with E-state index in [-0.39, 0.29) is 18.2 Å². The molecule has 0 spiro atoms. The van der Waals surface area contributed by atoms with Crippen molar-refractivity contribution in [2.45, 2.75) is 32.0 Å². The van der Waals surface area contributed by atoms with E-state index in [1.807, 2.05) is 13.8 Å². The lowest BCUT2D eigenvalue weighted by Crippen LogP contribution is -2.47. The van der Waals surface area contributed by atoms with Gasteiger partial charge in [-0.25, -0.2) is 8.78 Å². The predicted octanol–water partition coefficient (Wildman–Crippen LogP) is 2.40. The highest BCUT2D eigenvalue weighted by Gasteiger charge is 2.27. The van der Waals surface area contributed by atoms with Crippen molar-refractivity contribution in [1.82, 2.24) is 5.32 Å². The topological polar surface area (TPSA) is 21.3 Å². The van der Waals surface area contributed by atoms with Crippen molar-refractivity contribution in [3.8, 4) is 0 Å². The van der Waals surface area contributed by atoms with Crippen LogP contribution in [-0.4, -0.2) is 18.7 Å². The Morgan fingerprint density at radius 1 is 1.25 bits per heavy atom. The first-order chi connectivity index (χ1) is 7.58. The van der Waals surface area contributed by atoms with E-state index in [9.17, 15) is 8.78 Å². The van der Waals surface area contributed by atoms with Gasteiger partial charge in [0.25, 0.3) is 0 Å². The van der Waals surface area contributed by atoms with Crippen molar-refractivity contribution in [3.05, 3.63) is 35.4 Å². The zero-order valence-electron chi connectivity index (χ0n) is 9.34. The van der Waals surface area contributed by atoms with Gasteiger partial charge in [0.2, 0.25) is 0 Å². The summed E-state index contributed by atoms with van der Waals surface area (Å²) < 4.78 is 31.5. The van der Waals surface area contributed by atoms with Crippen LogP contribution in [0.4, 0.5) is 8.78 Å². The number of halogens is 2. The van der Waals surface area contributed by atoms with E-state index in [2.05, 4.69) is 5.32 Å². The SMILES string of the molecule is C[C@H]1CO[C@@H](c2ccc(F)c(F)c2)[C@@H](C)N1. The van der Waals surface area contributed by atoms with Gasteiger partial charge in [0, 0.05) is 12.1 Å². The van der Waals surface area contributed by atoms with Crippen molar-refractivity contribution in [1.29, 1.82) is 0 Å². The molecule has 2 nitrogen and oxygen atoms in total. The van der Waals surface area contributed by atoms with E-state index in [0.717, 1.165) is 6.07 Å². The van der Waals surface area contributed by atoms with E-state index in [1.165, 1.54) is 6.07 Å². The van der Waals surface area contributed by atoms with Crippen molar-refractivity contribution in [2.24, 2.45) is 0 Å². The molecule has 0 radical (unpaired) electrons. The number of hydrogen-bond donors (Lipinski definition) is 1. The summed E-state index contributed by atoms with van der Waals surface area (Å²) >= 11 is 0. The molecule has 1 aliphatic rings. The highest BCUT2D eigenvalue weighted by molar-refractivity contribution is 5.22. The van der Waals surface area contributed by atoms with Gasteiger partial charge in [0.15, 0.2) is 11.6 Å². The van der Waals surface area contributed by atoms with Crippen LogP contribution in [0.5, 0.6) is 0 Å². The smallest absolute Gasteiger partial charge is 0.159 e. The standard InChI is InChI=1S/C12H15F2NO/c1-7-6-16-12(8(2)15-7)9-3-4-10(13)11(14)5-9/h3-5,7-8,12,15H,6H2,1-2H3/t7-,8+,12+/m0/s1. The summed E-state index contributed by atoms with van der Waals surface area (Å²) in [5.41, 5.74) is 0.672. The Kier molecular flexibility index (Phi) is 3.21. The highest BCUT2D eigenvalue weighted by atomic mass is 19.2. The lowest BCUT2D eigenvalue weighted by molar-refractivity contribution is -0.0208. The molecule has 0 unspecified atom stereocenters. The number of morpholine rings is 1. The largest absolute Gasteiger partial charge is 0.370 e. The molecule has 0 amide bonds. The van der Waals surface area contributed by atoms with E-state index in [0.29, 0.717) is 12.2 Å². The maximum Gasteiger partial charge on any atom is 0.159 e. The zero-order valence-corrected chi connectivity index (χ0v) is 9.34. The fourth-order valence-corrected chi connectivity index (χ4v) is 2.05. The Balaban J connectivity index is 2.20. The molecule has 4 heteroatoms. The number of benzene rings is 1. The molecule has 0 aromatic heterocycles. The number of nitrogens with one attached hydrogen (secondary N) is 1. The maximum atomic E-state index is 13.1. The molecule has 16 heavy (non-hydrogen) atoms. The zero-order chi connectivity index (χ0) is 11.7. The van der Waals surface area contributed by atoms with Gasteiger partial charge in [0.05, 0.1) is 12.7 Å². The molecule has 0 aliphatic carbocycles. The van der Waals surface area contributed by atoms with Gasteiger partial charge < -0.3 is 10.1 Å². The molecule has 1 fully saturated rings. The summed E-state index contributed by atoms with van der Waals surface area (Å²) in [5, 5.41) is 3.32. The minimum Gasteiger partial charge on any atom is -0.370 e. The molecular weight excluding hydrogens is 212 g/mol. The molecule has 0 saturated carbocycles. The second-order valence-corrected chi connectivity index (χ2v) is 4.28. The molecule has 1 aromatic rings. The average molecular weight is 227 g/mol. The lowest BCUT2D eigenvalue weighted by Gasteiger charge is -2.34. The fraction of sp³-hybridized carbons (Fsp3) is 0.500. The number of hydrogen-bond acceptors (Lipinski definition) is 2. The third-order valence-electron chi connectivity index (χ3n) is 2.80. The fourth-order valence-electron chi connectivity index (χ4n) is 2.05. The van der Waals surface area contributed by atoms with Crippen LogP contribution in [0.15, 0.2) is 18.2 Å². The van der Waals surface area contributed by atoms with Crippen LogP contribution in [0, 0.1) is 11.6 Å². The Hall–Kier alpha value is -1.00. The van der Waals surface area contributed by atoms with Crippen molar-refractivity contribution < 1.29 is 13.5 Å². The van der Waals surface area contributed by atoms with Crippen LogP contribution in [-0.2, 0) is 4.74 Å². The second kappa shape index (κ2) is 4.47. The van der Waals surface area contributed by atoms with E-state index >= 15 is 0 Å². The van der Waals surface area contributed by atoms with Gasteiger partial charge in [0.1, 0.15) is 0 Å². The first kappa shape index (κ1) is 11.5. The van der Waals surface area contributed by atoms with Gasteiger partial charge in [-0.15, -0.1) is 0 Å². The summed E-state index contributed by atoms with van der Waals surface area (Å²) in [4.78, 5) is 0. The van der Waals surface area contributed by atoms with Gasteiger partial charge in [-0.05, 0) is 31.5 Å². The quantitative estimate of drug-likeness (QED) is 0.795. The normalized spacial score (nSPS) is 30.4. The van der Waals surface area contributed by atoms with E-state index in [4.69, 9.17) is 4.74 Å². The minimum atomic E-state index is -0.827. The summed E-state index contributed by atoms with van der Waals surface area (Å²) in [7, 11) is 0. The van der Waals surface area contributed by atoms with E-state index < -0.39 is 11.6 Å². The molecule has 0 bridgehead atoms. The van der Waals surface area contributed by atoms with E-state index in [1.54, 1.807) is 6.07 Å². The van der Waals surface area contributed by atoms with Crippen LogP contribution in [0.2, 0.25) is 0 Å². The first-order valence-corrected chi connectivity index (χ1v) is 5.40.